The predicted molar refractivity (Wildman–Crippen MR) is 92.5 cm³/mol. The smallest absolute Gasteiger partial charge is 0.144 e. The molecule has 0 spiro atoms. The van der Waals surface area contributed by atoms with Crippen molar-refractivity contribution in [3.8, 4) is 17.0 Å². The Morgan fingerprint density at radius 2 is 1.64 bits per heavy atom. The monoisotopic (exact) mass is 293 g/mol. The van der Waals surface area contributed by atoms with E-state index in [1.54, 1.807) is 30.6 Å². The van der Waals surface area contributed by atoms with Crippen LogP contribution < -0.4 is 5.59 Å². The first-order chi connectivity index (χ1) is 10.7. The number of aromatic nitrogens is 3. The van der Waals surface area contributed by atoms with Crippen LogP contribution in [0.15, 0.2) is 42.7 Å². The molecule has 0 saturated heterocycles. The van der Waals surface area contributed by atoms with Crippen LogP contribution in [0.2, 0.25) is 0 Å². The van der Waals surface area contributed by atoms with Gasteiger partial charge < -0.3 is 5.11 Å². The second-order valence-electron chi connectivity index (χ2n) is 3.94. The fraction of sp³-hybridized carbons (Fsp3) is 0.235. The maximum atomic E-state index is 10.0. The number of phenolic OH excluding ortho intramolecular Hbond substituents is 1. The number of fused-ring (bicyclic) bond motifs is 1. The Bertz CT molecular complexity index is 715. The van der Waals surface area contributed by atoms with Gasteiger partial charge in [-0.1, -0.05) is 27.7 Å². The molecule has 1 N–H and O–H groups in total. The van der Waals surface area contributed by atoms with Gasteiger partial charge in [0.1, 0.15) is 13.6 Å². The molecule has 4 nitrogen and oxygen atoms in total. The zero-order valence-electron chi connectivity index (χ0n) is 13.4. The Labute approximate surface area is 132 Å². The van der Waals surface area contributed by atoms with E-state index in [0.717, 1.165) is 10.8 Å². The van der Waals surface area contributed by atoms with Gasteiger partial charge in [0.25, 0.3) is 0 Å². The fourth-order valence-corrected chi connectivity index (χ4v) is 1.82. The minimum Gasteiger partial charge on any atom is -0.507 e. The van der Waals surface area contributed by atoms with Gasteiger partial charge in [-0.15, -0.1) is 0 Å². The van der Waals surface area contributed by atoms with E-state index < -0.39 is 0 Å². The normalized spacial score (nSPS) is 9.27. The van der Waals surface area contributed by atoms with Crippen LogP contribution >= 0.6 is 0 Å². The van der Waals surface area contributed by atoms with Gasteiger partial charge in [0.15, 0.2) is 0 Å². The zero-order chi connectivity index (χ0) is 16.5. The van der Waals surface area contributed by atoms with Crippen LogP contribution in [0, 0.1) is 0 Å². The van der Waals surface area contributed by atoms with E-state index in [9.17, 15) is 5.11 Å². The highest BCUT2D eigenvalue weighted by molar-refractivity contribution is 6.30. The first-order valence-electron chi connectivity index (χ1n) is 7.40. The molecule has 0 aliphatic carbocycles. The lowest BCUT2D eigenvalue weighted by molar-refractivity contribution is 0.478. The van der Waals surface area contributed by atoms with Gasteiger partial charge in [0.05, 0.1) is 5.69 Å². The summed E-state index contributed by atoms with van der Waals surface area (Å²) >= 11 is 0. The van der Waals surface area contributed by atoms with Crippen molar-refractivity contribution in [3.05, 3.63) is 42.7 Å². The number of phenols is 1. The summed E-state index contributed by atoms with van der Waals surface area (Å²) in [6.45, 7) is 8.00. The fourth-order valence-electron chi connectivity index (χ4n) is 1.82. The molecule has 22 heavy (non-hydrogen) atoms. The highest BCUT2D eigenvalue weighted by Crippen LogP contribution is 2.31. The topological polar surface area (TPSA) is 58.9 Å². The van der Waals surface area contributed by atoms with Crippen molar-refractivity contribution < 1.29 is 5.11 Å². The van der Waals surface area contributed by atoms with Crippen LogP contribution in [0.3, 0.4) is 0 Å². The van der Waals surface area contributed by atoms with Crippen LogP contribution in [0.4, 0.5) is 0 Å². The van der Waals surface area contributed by atoms with Crippen molar-refractivity contribution >= 4 is 24.2 Å². The summed E-state index contributed by atoms with van der Waals surface area (Å²) in [7, 11) is 5.49. The molecular weight excluding hydrogens is 273 g/mol. The number of benzene rings is 1. The molecule has 0 unspecified atom stereocenters. The Morgan fingerprint density at radius 3 is 2.27 bits per heavy atom. The number of rotatable bonds is 1. The second-order valence-corrected chi connectivity index (χ2v) is 3.94. The molecule has 0 fully saturated rings. The Morgan fingerprint density at radius 1 is 0.909 bits per heavy atom. The summed E-state index contributed by atoms with van der Waals surface area (Å²) in [4.78, 5) is 4.01. The number of hydrogen-bond donors (Lipinski definition) is 1. The number of hydrogen-bond acceptors (Lipinski definition) is 4. The van der Waals surface area contributed by atoms with Crippen LogP contribution in [-0.2, 0) is 0 Å². The molecule has 3 rings (SSSR count). The molecule has 5 heteroatoms. The highest BCUT2D eigenvalue weighted by Gasteiger charge is 2.08. The summed E-state index contributed by atoms with van der Waals surface area (Å²) in [5, 5.41) is 19.6. The van der Waals surface area contributed by atoms with Gasteiger partial charge in [-0.3, -0.25) is 4.98 Å². The van der Waals surface area contributed by atoms with Crippen molar-refractivity contribution in [1.82, 2.24) is 15.2 Å². The van der Waals surface area contributed by atoms with Crippen molar-refractivity contribution in [1.29, 1.82) is 0 Å². The average Bonchev–Trinajstić information content (AvgIpc) is 2.59. The van der Waals surface area contributed by atoms with E-state index in [1.807, 2.05) is 39.8 Å². The minimum absolute atomic E-state index is 0.148. The molecule has 0 aliphatic rings. The summed E-state index contributed by atoms with van der Waals surface area (Å²) in [5.41, 5.74) is 1.56. The van der Waals surface area contributed by atoms with E-state index in [4.69, 9.17) is 7.85 Å². The lowest BCUT2D eigenvalue weighted by Crippen LogP contribution is -2.09. The summed E-state index contributed by atoms with van der Waals surface area (Å²) in [6.07, 6.45) is 3.41. The number of aromatic hydroxyl groups is 1. The maximum Gasteiger partial charge on any atom is 0.144 e. The molecule has 112 valence electrons. The van der Waals surface area contributed by atoms with Crippen molar-refractivity contribution in [3.63, 3.8) is 0 Å². The van der Waals surface area contributed by atoms with Gasteiger partial charge in [-0.05, 0) is 35.7 Å². The minimum atomic E-state index is 0.148. The van der Waals surface area contributed by atoms with Crippen LogP contribution in [0.5, 0.6) is 5.75 Å². The molecule has 2 aromatic heterocycles. The lowest BCUT2D eigenvalue weighted by atomic mass is 10.0. The van der Waals surface area contributed by atoms with Gasteiger partial charge >= 0.3 is 0 Å². The third kappa shape index (κ3) is 4.04. The largest absolute Gasteiger partial charge is 0.507 e. The SMILES string of the molecule is CC.CC.[B]c1ccc(-c2cc3ccncc3cc2O)nn1. The molecule has 0 amide bonds. The molecule has 1 aromatic carbocycles. The van der Waals surface area contributed by atoms with E-state index in [-0.39, 0.29) is 5.75 Å². The lowest BCUT2D eigenvalue weighted by Gasteiger charge is -2.06. The second kappa shape index (κ2) is 8.77. The molecule has 0 bridgehead atoms. The summed E-state index contributed by atoms with van der Waals surface area (Å²) in [6, 6.07) is 8.77. The molecule has 0 atom stereocenters. The first kappa shape index (κ1) is 17.6. The third-order valence-electron chi connectivity index (χ3n) is 2.72. The van der Waals surface area contributed by atoms with Crippen LogP contribution in [-0.4, -0.2) is 28.1 Å². The molecule has 3 aromatic rings. The Hall–Kier alpha value is -2.43. The van der Waals surface area contributed by atoms with E-state index in [1.165, 1.54) is 0 Å². The summed E-state index contributed by atoms with van der Waals surface area (Å²) < 4.78 is 0. The molecule has 0 aliphatic heterocycles. The van der Waals surface area contributed by atoms with E-state index >= 15 is 0 Å². The van der Waals surface area contributed by atoms with Crippen molar-refractivity contribution in [2.24, 2.45) is 0 Å². The van der Waals surface area contributed by atoms with Crippen molar-refractivity contribution in [2.45, 2.75) is 27.7 Å². The quantitative estimate of drug-likeness (QED) is 0.700. The molecule has 2 heterocycles. The number of nitrogens with zero attached hydrogens (tertiary/aromatic N) is 3. The first-order valence-corrected chi connectivity index (χ1v) is 7.40. The highest BCUT2D eigenvalue weighted by atomic mass is 16.3. The van der Waals surface area contributed by atoms with Gasteiger partial charge in [-0.25, -0.2) is 0 Å². The average molecular weight is 293 g/mol. The third-order valence-corrected chi connectivity index (χ3v) is 2.72. The van der Waals surface area contributed by atoms with Gasteiger partial charge in [0.2, 0.25) is 0 Å². The van der Waals surface area contributed by atoms with Crippen LogP contribution in [0.1, 0.15) is 27.7 Å². The standard InChI is InChI=1S/C13H8BN3O.2C2H6/c14-13-2-1-11(16-17-13)10-5-8-3-4-15-7-9(8)6-12(10)18;2*1-2/h1-7,18H;2*1-2H3. The molecular formula is C17H20BN3O. The molecule has 2 radical (unpaired) electrons. The number of pyridine rings is 1. The predicted octanol–water partition coefficient (Wildman–Crippen LogP) is 3.24. The Kier molecular flexibility index (Phi) is 7.03. The van der Waals surface area contributed by atoms with E-state index in [2.05, 4.69) is 15.2 Å². The molecule has 0 saturated carbocycles. The summed E-state index contributed by atoms with van der Waals surface area (Å²) in [5.74, 6) is 0.148. The van der Waals surface area contributed by atoms with E-state index in [0.29, 0.717) is 16.9 Å². The maximum absolute atomic E-state index is 10.0. The van der Waals surface area contributed by atoms with Crippen LogP contribution in [0.25, 0.3) is 22.0 Å². The Balaban J connectivity index is 0.000000561. The van der Waals surface area contributed by atoms with Crippen molar-refractivity contribution in [2.75, 3.05) is 0 Å². The van der Waals surface area contributed by atoms with Gasteiger partial charge in [-0.2, -0.15) is 10.2 Å². The van der Waals surface area contributed by atoms with Gasteiger partial charge in [0, 0.05) is 28.9 Å². The zero-order valence-corrected chi connectivity index (χ0v) is 13.4.